The van der Waals surface area contributed by atoms with Crippen molar-refractivity contribution in [3.05, 3.63) is 58.6 Å². The van der Waals surface area contributed by atoms with Gasteiger partial charge in [0.25, 0.3) is 0 Å². The molecule has 1 unspecified atom stereocenters. The Hall–Kier alpha value is -1.66. The van der Waals surface area contributed by atoms with Gasteiger partial charge in [0, 0.05) is 6.42 Å². The molecule has 0 bridgehead atoms. The lowest BCUT2D eigenvalue weighted by Gasteiger charge is -2.38. The molecule has 0 radical (unpaired) electrons. The lowest BCUT2D eigenvalue weighted by Crippen LogP contribution is -2.41. The maximum Gasteiger partial charge on any atom is 0.190 e. The highest BCUT2D eigenvalue weighted by atomic mass is 35.5. The molecule has 0 aliphatic carbocycles. The predicted molar refractivity (Wildman–Crippen MR) is 87.1 cm³/mol. The molecule has 0 saturated heterocycles. The molecule has 3 rings (SSSR count). The molecule has 1 aliphatic rings. The van der Waals surface area contributed by atoms with E-state index in [1.807, 2.05) is 0 Å². The molecular formula is C17H15ClF2O3S. The van der Waals surface area contributed by atoms with Crippen molar-refractivity contribution in [3.63, 3.8) is 0 Å². The molecule has 0 fully saturated rings. The zero-order valence-corrected chi connectivity index (χ0v) is 14.4. The van der Waals surface area contributed by atoms with Gasteiger partial charge in [-0.05, 0) is 30.7 Å². The van der Waals surface area contributed by atoms with Crippen LogP contribution < -0.4 is 4.74 Å². The molecule has 7 heteroatoms. The van der Waals surface area contributed by atoms with Crippen LogP contribution >= 0.6 is 11.6 Å². The largest absolute Gasteiger partial charge is 0.490 e. The zero-order valence-electron chi connectivity index (χ0n) is 12.9. The third-order valence-electron chi connectivity index (χ3n) is 4.48. The van der Waals surface area contributed by atoms with Gasteiger partial charge in [0.15, 0.2) is 21.4 Å². The Morgan fingerprint density at radius 2 is 1.83 bits per heavy atom. The minimum Gasteiger partial charge on any atom is -0.490 e. The second-order valence-electron chi connectivity index (χ2n) is 5.61. The van der Waals surface area contributed by atoms with Crippen LogP contribution in [-0.2, 0) is 14.6 Å². The van der Waals surface area contributed by atoms with Crippen LogP contribution in [0.2, 0.25) is 5.02 Å². The predicted octanol–water partition coefficient (Wildman–Crippen LogP) is 4.48. The number of hydrogen-bond acceptors (Lipinski definition) is 3. The normalized spacial score (nSPS) is 20.3. The summed E-state index contributed by atoms with van der Waals surface area (Å²) in [7, 11) is -4.08. The summed E-state index contributed by atoms with van der Waals surface area (Å²) in [5, 5.41) is 0.0511. The maximum atomic E-state index is 14.5. The minimum absolute atomic E-state index is 0.0183. The van der Waals surface area contributed by atoms with Crippen molar-refractivity contribution in [1.29, 1.82) is 0 Å². The van der Waals surface area contributed by atoms with E-state index in [2.05, 4.69) is 0 Å². The average molecular weight is 373 g/mol. The van der Waals surface area contributed by atoms with Crippen LogP contribution in [0.4, 0.5) is 8.78 Å². The Morgan fingerprint density at radius 3 is 2.50 bits per heavy atom. The van der Waals surface area contributed by atoms with Crippen LogP contribution in [-0.4, -0.2) is 15.0 Å². The SMILES string of the molecule is CCC1(S(=O)(=O)c2ccccc2Cl)CCOc2c(F)ccc(F)c21. The molecule has 1 atom stereocenters. The van der Waals surface area contributed by atoms with Crippen LogP contribution in [0.3, 0.4) is 0 Å². The zero-order chi connectivity index (χ0) is 17.5. The lowest BCUT2D eigenvalue weighted by atomic mass is 9.89. The molecule has 3 nitrogen and oxygen atoms in total. The Morgan fingerprint density at radius 1 is 1.17 bits per heavy atom. The maximum absolute atomic E-state index is 14.5. The molecule has 0 aromatic heterocycles. The second-order valence-corrected chi connectivity index (χ2v) is 8.25. The summed E-state index contributed by atoms with van der Waals surface area (Å²) < 4.78 is 59.0. The lowest BCUT2D eigenvalue weighted by molar-refractivity contribution is 0.230. The smallest absolute Gasteiger partial charge is 0.190 e. The summed E-state index contributed by atoms with van der Waals surface area (Å²) in [6.45, 7) is 1.61. The number of fused-ring (bicyclic) bond motifs is 1. The molecule has 2 aromatic rings. The molecule has 0 amide bonds. The summed E-state index contributed by atoms with van der Waals surface area (Å²) in [4.78, 5) is -0.0926. The van der Waals surface area contributed by atoms with E-state index in [4.69, 9.17) is 16.3 Å². The highest BCUT2D eigenvalue weighted by Gasteiger charge is 2.51. The van der Waals surface area contributed by atoms with Gasteiger partial charge in [-0.25, -0.2) is 17.2 Å². The van der Waals surface area contributed by atoms with Crippen molar-refractivity contribution in [2.24, 2.45) is 0 Å². The first kappa shape index (κ1) is 17.2. The first-order valence-corrected chi connectivity index (χ1v) is 9.31. The van der Waals surface area contributed by atoms with Gasteiger partial charge in [0.2, 0.25) is 0 Å². The van der Waals surface area contributed by atoms with Gasteiger partial charge in [-0.15, -0.1) is 0 Å². The third kappa shape index (κ3) is 2.31. The molecule has 0 saturated carbocycles. The standard InChI is InChI=1S/C17H15ClF2O3S/c1-2-17(24(21,22)14-6-4-3-5-11(14)18)9-10-23-16-13(20)8-7-12(19)15(16)17/h3-8H,2,9-10H2,1H3. The fraction of sp³-hybridized carbons (Fsp3) is 0.294. The van der Waals surface area contributed by atoms with Gasteiger partial charge in [-0.1, -0.05) is 30.7 Å². The van der Waals surface area contributed by atoms with E-state index in [1.165, 1.54) is 12.1 Å². The first-order chi connectivity index (χ1) is 11.3. The number of hydrogen-bond donors (Lipinski definition) is 0. The van der Waals surface area contributed by atoms with Gasteiger partial charge in [-0.2, -0.15) is 0 Å². The van der Waals surface area contributed by atoms with Crippen LogP contribution in [0.25, 0.3) is 0 Å². The van der Waals surface area contributed by atoms with Crippen molar-refractivity contribution < 1.29 is 21.9 Å². The van der Waals surface area contributed by atoms with Gasteiger partial charge >= 0.3 is 0 Å². The van der Waals surface area contributed by atoms with Crippen molar-refractivity contribution in [2.45, 2.75) is 29.4 Å². The van der Waals surface area contributed by atoms with E-state index in [0.717, 1.165) is 12.1 Å². The summed E-state index contributed by atoms with van der Waals surface area (Å²) in [5.74, 6) is -1.92. The molecule has 24 heavy (non-hydrogen) atoms. The van der Waals surface area contributed by atoms with Gasteiger partial charge in [0.1, 0.15) is 10.6 Å². The number of benzene rings is 2. The fourth-order valence-corrected chi connectivity index (χ4v) is 5.86. The Bertz CT molecular complexity index is 899. The van der Waals surface area contributed by atoms with Crippen molar-refractivity contribution in [1.82, 2.24) is 0 Å². The second kappa shape index (κ2) is 6.01. The molecule has 128 valence electrons. The number of rotatable bonds is 3. The monoisotopic (exact) mass is 372 g/mol. The van der Waals surface area contributed by atoms with E-state index in [-0.39, 0.29) is 40.7 Å². The minimum atomic E-state index is -4.08. The van der Waals surface area contributed by atoms with E-state index in [0.29, 0.717) is 0 Å². The average Bonchev–Trinajstić information content (AvgIpc) is 2.57. The van der Waals surface area contributed by atoms with Crippen LogP contribution in [0.5, 0.6) is 5.75 Å². The van der Waals surface area contributed by atoms with Crippen LogP contribution in [0.1, 0.15) is 25.3 Å². The van der Waals surface area contributed by atoms with Gasteiger partial charge < -0.3 is 4.74 Å². The highest BCUT2D eigenvalue weighted by Crippen LogP contribution is 2.50. The molecule has 0 spiro atoms. The van der Waals surface area contributed by atoms with E-state index < -0.39 is 26.2 Å². The Kier molecular flexibility index (Phi) is 4.30. The summed E-state index contributed by atoms with van der Waals surface area (Å²) in [6, 6.07) is 7.85. The van der Waals surface area contributed by atoms with Gasteiger partial charge in [-0.3, -0.25) is 0 Å². The first-order valence-electron chi connectivity index (χ1n) is 7.45. The molecule has 1 heterocycles. The van der Waals surface area contributed by atoms with Crippen LogP contribution in [0.15, 0.2) is 41.3 Å². The molecule has 1 aliphatic heterocycles. The topological polar surface area (TPSA) is 43.4 Å². The molecule has 2 aromatic carbocycles. The third-order valence-corrected chi connectivity index (χ3v) is 7.58. The van der Waals surface area contributed by atoms with E-state index in [9.17, 15) is 17.2 Å². The van der Waals surface area contributed by atoms with Crippen molar-refractivity contribution >= 4 is 21.4 Å². The van der Waals surface area contributed by atoms with Crippen molar-refractivity contribution in [3.8, 4) is 5.75 Å². The Labute approximate surface area is 144 Å². The van der Waals surface area contributed by atoms with Crippen molar-refractivity contribution in [2.75, 3.05) is 6.61 Å². The van der Waals surface area contributed by atoms with Crippen LogP contribution in [0, 0.1) is 11.6 Å². The summed E-state index contributed by atoms with van der Waals surface area (Å²) in [5.41, 5.74) is -0.254. The van der Waals surface area contributed by atoms with E-state index in [1.54, 1.807) is 19.1 Å². The highest BCUT2D eigenvalue weighted by molar-refractivity contribution is 7.92. The Balaban J connectivity index is 2.35. The number of sulfone groups is 1. The van der Waals surface area contributed by atoms with Gasteiger partial charge in [0.05, 0.1) is 22.1 Å². The summed E-state index contributed by atoms with van der Waals surface area (Å²) in [6.07, 6.45) is 0.0850. The number of halogens is 3. The van der Waals surface area contributed by atoms with E-state index >= 15 is 0 Å². The molecule has 0 N–H and O–H groups in total. The summed E-state index contributed by atoms with van der Waals surface area (Å²) >= 11 is 6.07. The quantitative estimate of drug-likeness (QED) is 0.797. The fourth-order valence-electron chi connectivity index (χ4n) is 3.23. The molecular weight excluding hydrogens is 358 g/mol. The number of ether oxygens (including phenoxy) is 1.